The molecule has 6 heteroatoms. The number of Topliss-reactive ketones (excluding diaryl/α,β-unsaturated/α-hetero) is 1. The molecular formula is C13H17NO4S. The largest absolute Gasteiger partial charge is 0.507 e. The lowest BCUT2D eigenvalue weighted by Crippen LogP contribution is -2.32. The minimum Gasteiger partial charge on any atom is -0.507 e. The number of carbonyl (C=O) groups excluding carboxylic acids is 1. The molecule has 0 bridgehead atoms. The van der Waals surface area contributed by atoms with Gasteiger partial charge in [-0.3, -0.25) is 4.79 Å². The zero-order chi connectivity index (χ0) is 14.2. The molecule has 1 aliphatic heterocycles. The molecule has 104 valence electrons. The second-order valence-electron chi connectivity index (χ2n) is 4.93. The van der Waals surface area contributed by atoms with Crippen molar-refractivity contribution in [2.45, 2.75) is 19.4 Å². The van der Waals surface area contributed by atoms with E-state index in [9.17, 15) is 18.3 Å². The van der Waals surface area contributed by atoms with Gasteiger partial charge in [-0.2, -0.15) is 0 Å². The zero-order valence-electron chi connectivity index (χ0n) is 11.0. The Bertz CT molecular complexity index is 609. The van der Waals surface area contributed by atoms with Crippen LogP contribution in [0.3, 0.4) is 0 Å². The Kier molecular flexibility index (Phi) is 3.54. The van der Waals surface area contributed by atoms with Crippen molar-refractivity contribution < 1.29 is 18.3 Å². The van der Waals surface area contributed by atoms with E-state index in [0.29, 0.717) is 12.1 Å². The van der Waals surface area contributed by atoms with Crippen LogP contribution < -0.4 is 4.90 Å². The Labute approximate surface area is 112 Å². The Balaban J connectivity index is 2.23. The first-order valence-corrected chi connectivity index (χ1v) is 7.89. The Hall–Kier alpha value is -1.56. The van der Waals surface area contributed by atoms with Gasteiger partial charge in [-0.15, -0.1) is 0 Å². The molecule has 1 atom stereocenters. The average Bonchev–Trinajstić information content (AvgIpc) is 2.68. The fourth-order valence-electron chi connectivity index (χ4n) is 2.33. The van der Waals surface area contributed by atoms with Gasteiger partial charge in [-0.25, -0.2) is 8.42 Å². The van der Waals surface area contributed by atoms with Gasteiger partial charge in [0.05, 0.1) is 17.1 Å². The second-order valence-corrected chi connectivity index (χ2v) is 7.15. The van der Waals surface area contributed by atoms with Crippen LogP contribution in [0.1, 0.15) is 23.7 Å². The highest BCUT2D eigenvalue weighted by atomic mass is 32.2. The van der Waals surface area contributed by atoms with Gasteiger partial charge in [0.1, 0.15) is 5.75 Å². The predicted molar refractivity (Wildman–Crippen MR) is 73.6 cm³/mol. The standard InChI is InChI=1S/C13H17NO4S/c1-9(15)12-4-3-10(7-13(12)16)14(2)11-5-6-19(17,18)8-11/h3-4,7,11,16H,5-6,8H2,1-2H3. The summed E-state index contributed by atoms with van der Waals surface area (Å²) < 4.78 is 22.9. The average molecular weight is 283 g/mol. The normalized spacial score (nSPS) is 21.3. The van der Waals surface area contributed by atoms with Crippen LogP contribution >= 0.6 is 0 Å². The van der Waals surface area contributed by atoms with E-state index in [1.807, 2.05) is 4.90 Å². The number of sulfone groups is 1. The van der Waals surface area contributed by atoms with Crippen molar-refractivity contribution in [3.05, 3.63) is 23.8 Å². The minimum absolute atomic E-state index is 0.0716. The van der Waals surface area contributed by atoms with Gasteiger partial charge in [0, 0.05) is 24.8 Å². The number of nitrogens with zero attached hydrogens (tertiary/aromatic N) is 1. The molecule has 1 aliphatic rings. The number of rotatable bonds is 3. The van der Waals surface area contributed by atoms with E-state index in [2.05, 4.69) is 0 Å². The minimum atomic E-state index is -2.94. The number of hydrogen-bond acceptors (Lipinski definition) is 5. The molecule has 0 radical (unpaired) electrons. The quantitative estimate of drug-likeness (QED) is 0.844. The molecule has 1 N–H and O–H groups in total. The first kappa shape index (κ1) is 13.9. The predicted octanol–water partition coefficient (Wildman–Crippen LogP) is 1.22. The van der Waals surface area contributed by atoms with Crippen molar-refractivity contribution in [3.8, 4) is 5.75 Å². The summed E-state index contributed by atoms with van der Waals surface area (Å²) in [7, 11) is -1.14. The fourth-order valence-corrected chi connectivity index (χ4v) is 4.10. The van der Waals surface area contributed by atoms with Gasteiger partial charge in [0.15, 0.2) is 15.6 Å². The summed E-state index contributed by atoms with van der Waals surface area (Å²) in [6.07, 6.45) is 0.591. The molecule has 1 aromatic rings. The lowest BCUT2D eigenvalue weighted by atomic mass is 10.1. The number of ketones is 1. The van der Waals surface area contributed by atoms with Crippen molar-refractivity contribution >= 4 is 21.3 Å². The maximum absolute atomic E-state index is 11.5. The Morgan fingerprint density at radius 3 is 2.58 bits per heavy atom. The summed E-state index contributed by atoms with van der Waals surface area (Å²) in [6.45, 7) is 1.39. The van der Waals surface area contributed by atoms with Crippen molar-refractivity contribution in [1.82, 2.24) is 0 Å². The molecule has 0 aliphatic carbocycles. The van der Waals surface area contributed by atoms with Crippen LogP contribution in [0.5, 0.6) is 5.75 Å². The van der Waals surface area contributed by atoms with E-state index in [1.54, 1.807) is 19.2 Å². The summed E-state index contributed by atoms with van der Waals surface area (Å²) in [5.74, 6) is 0.0750. The maximum atomic E-state index is 11.5. The van der Waals surface area contributed by atoms with Crippen LogP contribution in [0.25, 0.3) is 0 Å². The van der Waals surface area contributed by atoms with Gasteiger partial charge >= 0.3 is 0 Å². The van der Waals surface area contributed by atoms with Crippen LogP contribution in [-0.4, -0.2) is 43.9 Å². The third kappa shape index (κ3) is 2.89. The van der Waals surface area contributed by atoms with Crippen molar-refractivity contribution in [3.63, 3.8) is 0 Å². The maximum Gasteiger partial charge on any atom is 0.163 e. The van der Waals surface area contributed by atoms with Crippen LogP contribution in [0.4, 0.5) is 5.69 Å². The first-order chi connectivity index (χ1) is 8.80. The number of phenolic OH excluding ortho intramolecular Hbond substituents is 1. The highest BCUT2D eigenvalue weighted by Crippen LogP contribution is 2.28. The number of hydrogen-bond donors (Lipinski definition) is 1. The van der Waals surface area contributed by atoms with E-state index >= 15 is 0 Å². The van der Waals surface area contributed by atoms with Crippen LogP contribution in [0.2, 0.25) is 0 Å². The number of aromatic hydroxyl groups is 1. The topological polar surface area (TPSA) is 74.7 Å². The molecule has 1 saturated heterocycles. The van der Waals surface area contributed by atoms with Crippen LogP contribution in [-0.2, 0) is 9.84 Å². The molecule has 0 amide bonds. The van der Waals surface area contributed by atoms with E-state index in [0.717, 1.165) is 0 Å². The summed E-state index contributed by atoms with van der Waals surface area (Å²) >= 11 is 0. The molecule has 5 nitrogen and oxygen atoms in total. The summed E-state index contributed by atoms with van der Waals surface area (Å²) in [4.78, 5) is 13.1. The molecule has 1 aromatic carbocycles. The van der Waals surface area contributed by atoms with Gasteiger partial charge in [0.25, 0.3) is 0 Å². The highest BCUT2D eigenvalue weighted by Gasteiger charge is 2.31. The molecule has 2 rings (SSSR count). The van der Waals surface area contributed by atoms with E-state index < -0.39 is 9.84 Å². The second kappa shape index (κ2) is 4.85. The van der Waals surface area contributed by atoms with Gasteiger partial charge in [-0.1, -0.05) is 0 Å². The zero-order valence-corrected chi connectivity index (χ0v) is 11.8. The first-order valence-electron chi connectivity index (χ1n) is 6.07. The number of anilines is 1. The molecule has 0 aromatic heterocycles. The molecule has 1 unspecified atom stereocenters. The number of carbonyl (C=O) groups is 1. The van der Waals surface area contributed by atoms with Crippen molar-refractivity contribution in [1.29, 1.82) is 0 Å². The van der Waals surface area contributed by atoms with Crippen LogP contribution in [0, 0.1) is 0 Å². The monoisotopic (exact) mass is 283 g/mol. The van der Waals surface area contributed by atoms with E-state index in [-0.39, 0.29) is 34.6 Å². The summed E-state index contributed by atoms with van der Waals surface area (Å²) in [6, 6.07) is 4.71. The Morgan fingerprint density at radius 2 is 2.11 bits per heavy atom. The fraction of sp³-hybridized carbons (Fsp3) is 0.462. The summed E-state index contributed by atoms with van der Waals surface area (Å²) in [5, 5.41) is 9.79. The number of phenols is 1. The van der Waals surface area contributed by atoms with Crippen molar-refractivity contribution in [2.24, 2.45) is 0 Å². The molecule has 1 fully saturated rings. The Morgan fingerprint density at radius 1 is 1.42 bits per heavy atom. The highest BCUT2D eigenvalue weighted by molar-refractivity contribution is 7.91. The SMILES string of the molecule is CC(=O)c1ccc(N(C)C2CCS(=O)(=O)C2)cc1O. The van der Waals surface area contributed by atoms with E-state index in [4.69, 9.17) is 0 Å². The van der Waals surface area contributed by atoms with Gasteiger partial charge < -0.3 is 10.0 Å². The smallest absolute Gasteiger partial charge is 0.163 e. The lowest BCUT2D eigenvalue weighted by molar-refractivity contribution is 0.101. The molecule has 19 heavy (non-hydrogen) atoms. The molecule has 0 saturated carbocycles. The number of benzene rings is 1. The van der Waals surface area contributed by atoms with Gasteiger partial charge in [-0.05, 0) is 25.5 Å². The molecular weight excluding hydrogens is 266 g/mol. The van der Waals surface area contributed by atoms with Gasteiger partial charge in [0.2, 0.25) is 0 Å². The molecule has 1 heterocycles. The molecule has 0 spiro atoms. The van der Waals surface area contributed by atoms with Crippen LogP contribution in [0.15, 0.2) is 18.2 Å². The van der Waals surface area contributed by atoms with Crippen molar-refractivity contribution in [2.75, 3.05) is 23.5 Å². The van der Waals surface area contributed by atoms with E-state index in [1.165, 1.54) is 13.0 Å². The third-order valence-corrected chi connectivity index (χ3v) is 5.27. The third-order valence-electron chi connectivity index (χ3n) is 3.52. The lowest BCUT2D eigenvalue weighted by Gasteiger charge is -2.26. The summed E-state index contributed by atoms with van der Waals surface area (Å²) in [5.41, 5.74) is 0.987.